The second kappa shape index (κ2) is 35.5. The molecule has 1 aliphatic carbocycles. The Morgan fingerprint density at radius 1 is 0.732 bits per heavy atom. The Labute approximate surface area is 642 Å². The number of amides is 13. The molecule has 4 atom stereocenters. The van der Waals surface area contributed by atoms with Gasteiger partial charge >= 0.3 is 12.1 Å². The van der Waals surface area contributed by atoms with Crippen molar-refractivity contribution < 1.29 is 86.1 Å². The molecule has 596 valence electrons. The fraction of sp³-hybridized carbons (Fsp3) is 0.473. The highest BCUT2D eigenvalue weighted by molar-refractivity contribution is 6.07. The zero-order chi connectivity index (χ0) is 82.1. The number of nitrogens with zero attached hydrogens (tertiary/aromatic N) is 16. The predicted octanol–water partition coefficient (Wildman–Crippen LogP) is 0.914. The molecule has 0 spiro atoms. The summed E-state index contributed by atoms with van der Waals surface area (Å²) >= 11 is 0. The van der Waals surface area contributed by atoms with Crippen LogP contribution in [0.25, 0.3) is 32.7 Å². The number of carbonyl (C=O) groups excluding carboxylic acids is 14. The largest absolute Gasteiger partial charge is 0.458 e. The number of likely N-dealkylation sites (tertiary alicyclic amines) is 1. The summed E-state index contributed by atoms with van der Waals surface area (Å²) in [7, 11) is 11.9. The first kappa shape index (κ1) is 83.6. The number of anilines is 2. The van der Waals surface area contributed by atoms with Gasteiger partial charge in [-0.25, -0.2) is 19.0 Å². The molecule has 4 aliphatic rings. The highest BCUT2D eigenvalue weighted by Gasteiger charge is 2.47. The minimum atomic E-state index is -2.07. The molecule has 2 aromatic carbocycles. The van der Waals surface area contributed by atoms with Crippen LogP contribution in [0.1, 0.15) is 101 Å². The maximum absolute atomic E-state index is 15.5. The molecule has 5 aromatic rings. The molecule has 9 rings (SSSR count). The van der Waals surface area contributed by atoms with Crippen molar-refractivity contribution in [3.63, 3.8) is 0 Å². The molecule has 0 unspecified atom stereocenters. The predicted molar refractivity (Wildman–Crippen MR) is 398 cm³/mol. The van der Waals surface area contributed by atoms with E-state index in [9.17, 15) is 77.0 Å². The number of pyridine rings is 3. The molecule has 3 aromatic heterocycles. The molecule has 1 fully saturated rings. The number of aromatic nitrogens is 3. The molecule has 38 heteroatoms. The van der Waals surface area contributed by atoms with E-state index in [2.05, 4.69) is 31.0 Å². The number of ether oxygens (including phenoxy) is 2. The molecule has 0 bridgehead atoms. The van der Waals surface area contributed by atoms with Gasteiger partial charge in [-0.15, -0.1) is 0 Å². The van der Waals surface area contributed by atoms with Crippen LogP contribution in [0, 0.1) is 12.7 Å². The number of rotatable bonds is 29. The van der Waals surface area contributed by atoms with Gasteiger partial charge in [0.2, 0.25) is 65.0 Å². The van der Waals surface area contributed by atoms with Gasteiger partial charge in [0.25, 0.3) is 11.5 Å². The van der Waals surface area contributed by atoms with Crippen LogP contribution in [0.5, 0.6) is 0 Å². The molecule has 6 heterocycles. The average Bonchev–Trinajstić information content (AvgIpc) is 1.54. The summed E-state index contributed by atoms with van der Waals surface area (Å²) in [5.74, 6) is -8.85. The number of aryl methyl sites for hydroxylation is 1. The van der Waals surface area contributed by atoms with Gasteiger partial charge in [0.15, 0.2) is 5.60 Å². The molecule has 3 aliphatic heterocycles. The normalized spacial score (nSPS) is 15.8. The Morgan fingerprint density at radius 2 is 1.27 bits per heavy atom. The van der Waals surface area contributed by atoms with E-state index >= 15 is 4.39 Å². The summed E-state index contributed by atoms with van der Waals surface area (Å²) in [6, 6.07) is 7.95. The van der Waals surface area contributed by atoms with Crippen LogP contribution in [0.4, 0.5) is 20.6 Å². The third-order valence-electron chi connectivity index (χ3n) is 20.5. The van der Waals surface area contributed by atoms with Gasteiger partial charge in [0.05, 0.1) is 105 Å². The number of likely N-dealkylation sites (N-methyl/N-ethyl adjacent to an activating group) is 9. The topological polar surface area (TPSA) is 443 Å². The molecule has 4 N–H and O–H groups in total. The van der Waals surface area contributed by atoms with Crippen LogP contribution in [0.3, 0.4) is 0 Å². The summed E-state index contributed by atoms with van der Waals surface area (Å²) in [5, 5.41) is 23.9. The quantitative estimate of drug-likeness (QED) is 0.0219. The molecule has 13 amide bonds. The Bertz CT molecular complexity index is 4760. The van der Waals surface area contributed by atoms with E-state index < -0.39 is 164 Å². The van der Waals surface area contributed by atoms with Gasteiger partial charge in [0.1, 0.15) is 31.1 Å². The van der Waals surface area contributed by atoms with Gasteiger partial charge in [-0.1, -0.05) is 24.2 Å². The summed E-state index contributed by atoms with van der Waals surface area (Å²) < 4.78 is 28.0. The number of aliphatic hydroxyl groups is 1. The van der Waals surface area contributed by atoms with Gasteiger partial charge in [0, 0.05) is 122 Å². The average molecular weight is 1550 g/mol. The fourth-order valence-electron chi connectivity index (χ4n) is 13.5. The van der Waals surface area contributed by atoms with E-state index in [0.717, 1.165) is 49.7 Å². The van der Waals surface area contributed by atoms with Crippen LogP contribution in [-0.2, 0) is 98.8 Å². The van der Waals surface area contributed by atoms with Crippen LogP contribution < -0.4 is 26.4 Å². The van der Waals surface area contributed by atoms with E-state index in [-0.39, 0.29) is 74.6 Å². The van der Waals surface area contributed by atoms with Crippen LogP contribution >= 0.6 is 0 Å². The fourth-order valence-corrected chi connectivity index (χ4v) is 13.5. The Morgan fingerprint density at radius 3 is 1.80 bits per heavy atom. The molecule has 1 saturated heterocycles. The number of azide groups is 1. The summed E-state index contributed by atoms with van der Waals surface area (Å²) in [6.45, 7) is 0.509. The maximum atomic E-state index is 15.5. The standard InChI is InChI=1S/C74H90FN19O18/c1-13-74(110)49-27-54-67-47(30-94(54)71(107)48(49)40-111-72(74)108)66-51(21-20-45-41(2)50(75)28-52(81-67)65(45)66)82-73(109)112-39-43-16-18-44(19-17-43)80-69(105)53-15-14-26-93(53)70(106)42(3)79-68(104)46-22-24-77-29-55(46)92(12)64(103)38-91(11)63(102)37-90(10)62(101)36-89(9)61(100)35-88(8)60(99)34-87(7)59(98)33-86(6)58(97)32-85(5)57(96)31-84(4)56(95)23-25-78-83-76/h16-19,22,24,27-29,42,51,53,110H,13-15,20-21,23,25-26,30-40H2,1-12H3,(H,79,104)(H,80,105)(H,82,109)/t42-,51+,53+,74+/m1/s1. The molecule has 37 nitrogen and oxygen atoms in total. The number of benzene rings is 2. The lowest BCUT2D eigenvalue weighted by atomic mass is 9.81. The third-order valence-corrected chi connectivity index (χ3v) is 20.5. The van der Waals surface area contributed by atoms with E-state index in [1.807, 2.05) is 0 Å². The van der Waals surface area contributed by atoms with Crippen LogP contribution in [0.2, 0.25) is 0 Å². The minimum Gasteiger partial charge on any atom is -0.458 e. The number of alkyl carbamates (subject to hydrolysis) is 1. The van der Waals surface area contributed by atoms with Crippen molar-refractivity contribution >= 4 is 105 Å². The van der Waals surface area contributed by atoms with Crippen molar-refractivity contribution in [3.05, 3.63) is 126 Å². The molecule has 112 heavy (non-hydrogen) atoms. The molecule has 0 saturated carbocycles. The number of halogens is 1. The monoisotopic (exact) mass is 1550 g/mol. The van der Waals surface area contributed by atoms with Gasteiger partial charge in [-0.2, -0.15) is 0 Å². The van der Waals surface area contributed by atoms with Crippen molar-refractivity contribution in [1.29, 1.82) is 0 Å². The lowest BCUT2D eigenvalue weighted by Gasteiger charge is -2.31. The van der Waals surface area contributed by atoms with Gasteiger partial charge < -0.3 is 84.1 Å². The van der Waals surface area contributed by atoms with Crippen molar-refractivity contribution in [3.8, 4) is 11.4 Å². The second-order valence-corrected chi connectivity index (χ2v) is 28.2. The molecule has 0 radical (unpaired) electrons. The Hall–Kier alpha value is -12.5. The van der Waals surface area contributed by atoms with E-state index in [1.165, 1.54) is 104 Å². The van der Waals surface area contributed by atoms with E-state index in [0.29, 0.717) is 75.9 Å². The minimum absolute atomic E-state index is 0.0164. The zero-order valence-electron chi connectivity index (χ0n) is 64.3. The van der Waals surface area contributed by atoms with E-state index in [1.54, 1.807) is 44.2 Å². The van der Waals surface area contributed by atoms with Crippen molar-refractivity contribution in [2.24, 2.45) is 5.11 Å². The van der Waals surface area contributed by atoms with Gasteiger partial charge in [-0.05, 0) is 98.0 Å². The first-order chi connectivity index (χ1) is 53.0. The number of hydrogen-bond donors (Lipinski definition) is 4. The first-order valence-corrected chi connectivity index (χ1v) is 35.9. The number of carbonyl (C=O) groups is 14. The summed E-state index contributed by atoms with van der Waals surface area (Å²) in [5.41, 5.74) is 10.4. The zero-order valence-corrected chi connectivity index (χ0v) is 64.3. The highest BCUT2D eigenvalue weighted by atomic mass is 19.1. The lowest BCUT2D eigenvalue weighted by Crippen LogP contribution is -2.51. The highest BCUT2D eigenvalue weighted by Crippen LogP contribution is 2.46. The maximum Gasteiger partial charge on any atom is 0.407 e. The summed E-state index contributed by atoms with van der Waals surface area (Å²) in [6.07, 6.45) is 3.13. The van der Waals surface area contributed by atoms with Crippen molar-refractivity contribution in [2.45, 2.75) is 103 Å². The number of cyclic esters (lactones) is 1. The SMILES string of the molecule is CC[C@@]1(O)C(=O)OCc2c1cc1n(c2=O)Cc2c-1nc1cc(F)c(C)c3c1c2[C@@H](NC(=O)OCc1ccc(NC(=O)[C@@H]2CCCN2C(=O)[C@@H](C)NC(=O)c2ccncc2N(C)C(=O)CN(C)C(=O)CN(C)C(=O)CN(C)C(=O)CN(C)C(=O)CN(C)C(=O)CN(C)C(=O)CN(C)C(=O)CN(C)C(=O)CCN=[N+]=[N-])cc1)CC3. The Balaban J connectivity index is 0.701. The third kappa shape index (κ3) is 18.5. The van der Waals surface area contributed by atoms with Crippen LogP contribution in [0.15, 0.2) is 64.8 Å². The summed E-state index contributed by atoms with van der Waals surface area (Å²) in [4.78, 5) is 222. The van der Waals surface area contributed by atoms with Crippen LogP contribution in [-0.4, -0.2) is 288 Å². The lowest BCUT2D eigenvalue weighted by molar-refractivity contribution is -0.172. The van der Waals surface area contributed by atoms with Crippen molar-refractivity contribution in [2.75, 3.05) is 139 Å². The second-order valence-electron chi connectivity index (χ2n) is 28.2. The van der Waals surface area contributed by atoms with E-state index in [4.69, 9.17) is 20.0 Å². The first-order valence-electron chi connectivity index (χ1n) is 35.9. The number of hydrogen-bond acceptors (Lipinski definition) is 21. The van der Waals surface area contributed by atoms with Gasteiger partial charge in [-0.3, -0.25) is 67.3 Å². The number of fused-ring (bicyclic) bond motifs is 5. The van der Waals surface area contributed by atoms with Crippen molar-refractivity contribution in [1.82, 2.24) is 69.3 Å². The Kier molecular flexibility index (Phi) is 26.5. The number of esters is 1. The smallest absolute Gasteiger partial charge is 0.407 e. The number of nitrogens with one attached hydrogen (secondary N) is 3. The molecular formula is C74H90FN19O18. The molecular weight excluding hydrogens is 1460 g/mol.